The van der Waals surface area contributed by atoms with Gasteiger partial charge in [0.05, 0.1) is 23.5 Å². The minimum atomic E-state index is 0.0938. The van der Waals surface area contributed by atoms with E-state index in [0.717, 1.165) is 12.0 Å². The molecule has 2 aliphatic carbocycles. The van der Waals surface area contributed by atoms with E-state index in [2.05, 4.69) is 23.6 Å². The van der Waals surface area contributed by atoms with Crippen LogP contribution in [0.25, 0.3) is 0 Å². The molecule has 3 nitrogen and oxygen atoms in total. The molecule has 0 radical (unpaired) electrons. The second kappa shape index (κ2) is 4.22. The highest BCUT2D eigenvalue weighted by molar-refractivity contribution is 5.98. The third-order valence-electron chi connectivity index (χ3n) is 4.40. The number of Topliss-reactive ketones (excluding diaryl/α,β-unsaturated/α-hetero) is 1. The van der Waals surface area contributed by atoms with Gasteiger partial charge >= 0.3 is 0 Å². The summed E-state index contributed by atoms with van der Waals surface area (Å²) >= 11 is 0. The van der Waals surface area contributed by atoms with Gasteiger partial charge in [-0.1, -0.05) is 33.1 Å². The van der Waals surface area contributed by atoms with Gasteiger partial charge in [-0.2, -0.15) is 5.10 Å². The van der Waals surface area contributed by atoms with Crippen LogP contribution in [0, 0.1) is 5.41 Å². The van der Waals surface area contributed by atoms with Crippen LogP contribution in [0.4, 0.5) is 0 Å². The zero-order valence-electron chi connectivity index (χ0n) is 11.4. The molecule has 1 heterocycles. The molecule has 0 spiro atoms. The van der Waals surface area contributed by atoms with E-state index >= 15 is 0 Å². The fourth-order valence-electron chi connectivity index (χ4n) is 3.48. The number of fused-ring (bicyclic) bond motifs is 1. The van der Waals surface area contributed by atoms with Gasteiger partial charge in [0.1, 0.15) is 0 Å². The van der Waals surface area contributed by atoms with Crippen LogP contribution in [-0.4, -0.2) is 15.6 Å². The van der Waals surface area contributed by atoms with E-state index < -0.39 is 0 Å². The van der Waals surface area contributed by atoms with Gasteiger partial charge in [-0.15, -0.1) is 0 Å². The van der Waals surface area contributed by atoms with E-state index in [0.29, 0.717) is 12.5 Å². The lowest BCUT2D eigenvalue weighted by Gasteiger charge is -2.31. The Labute approximate surface area is 109 Å². The predicted molar refractivity (Wildman–Crippen MR) is 70.8 cm³/mol. The molecular formula is C15H22N2O. The maximum absolute atomic E-state index is 12.1. The summed E-state index contributed by atoms with van der Waals surface area (Å²) in [7, 11) is 0. The monoisotopic (exact) mass is 246 g/mol. The summed E-state index contributed by atoms with van der Waals surface area (Å²) in [4.78, 5) is 12.1. The topological polar surface area (TPSA) is 34.9 Å². The zero-order chi connectivity index (χ0) is 12.8. The molecule has 3 rings (SSSR count). The lowest BCUT2D eigenvalue weighted by atomic mass is 9.76. The summed E-state index contributed by atoms with van der Waals surface area (Å²) in [5.41, 5.74) is 2.18. The average Bonchev–Trinajstić information content (AvgIpc) is 2.72. The minimum Gasteiger partial charge on any atom is -0.294 e. The summed E-state index contributed by atoms with van der Waals surface area (Å²) in [5, 5.41) is 4.53. The largest absolute Gasteiger partial charge is 0.294 e. The normalized spacial score (nSPS) is 24.0. The second-order valence-electron chi connectivity index (χ2n) is 6.68. The molecule has 3 heteroatoms. The van der Waals surface area contributed by atoms with Gasteiger partial charge in [-0.3, -0.25) is 9.48 Å². The molecule has 0 atom stereocenters. The second-order valence-corrected chi connectivity index (χ2v) is 6.68. The van der Waals surface area contributed by atoms with E-state index in [-0.39, 0.29) is 11.2 Å². The van der Waals surface area contributed by atoms with Crippen molar-refractivity contribution >= 4 is 5.78 Å². The lowest BCUT2D eigenvalue weighted by molar-refractivity contribution is 0.0908. The number of rotatable bonds is 1. The molecular weight excluding hydrogens is 224 g/mol. The third-order valence-corrected chi connectivity index (χ3v) is 4.40. The van der Waals surface area contributed by atoms with Gasteiger partial charge in [-0.05, 0) is 24.7 Å². The highest BCUT2D eigenvalue weighted by atomic mass is 16.1. The fourth-order valence-corrected chi connectivity index (χ4v) is 3.48. The number of hydrogen-bond acceptors (Lipinski definition) is 2. The van der Waals surface area contributed by atoms with E-state index in [1.54, 1.807) is 0 Å². The first-order valence-electron chi connectivity index (χ1n) is 7.16. The number of ketones is 1. The van der Waals surface area contributed by atoms with Crippen molar-refractivity contribution in [2.24, 2.45) is 5.41 Å². The average molecular weight is 246 g/mol. The van der Waals surface area contributed by atoms with Crippen molar-refractivity contribution in [3.05, 3.63) is 17.5 Å². The summed E-state index contributed by atoms with van der Waals surface area (Å²) in [5.74, 6) is 0.281. The van der Waals surface area contributed by atoms with E-state index in [1.807, 2.05) is 6.20 Å². The molecule has 1 fully saturated rings. The highest BCUT2D eigenvalue weighted by Gasteiger charge is 2.35. The molecule has 18 heavy (non-hydrogen) atoms. The van der Waals surface area contributed by atoms with Gasteiger partial charge in [0.2, 0.25) is 0 Å². The lowest BCUT2D eigenvalue weighted by Crippen LogP contribution is -2.29. The molecule has 1 aromatic rings. The molecule has 0 aromatic carbocycles. The molecule has 0 N–H and O–H groups in total. The number of carbonyl (C=O) groups is 1. The maximum Gasteiger partial charge on any atom is 0.166 e. The molecule has 0 saturated heterocycles. The first-order valence-corrected chi connectivity index (χ1v) is 7.16. The van der Waals surface area contributed by atoms with Crippen molar-refractivity contribution < 1.29 is 4.79 Å². The summed E-state index contributed by atoms with van der Waals surface area (Å²) in [6, 6.07) is 0.532. The van der Waals surface area contributed by atoms with Crippen LogP contribution in [0.1, 0.15) is 74.5 Å². The third kappa shape index (κ3) is 2.00. The molecule has 0 amide bonds. The first kappa shape index (κ1) is 11.9. The Morgan fingerprint density at radius 3 is 2.67 bits per heavy atom. The molecule has 0 bridgehead atoms. The summed E-state index contributed by atoms with van der Waals surface area (Å²) in [6.45, 7) is 4.37. The van der Waals surface area contributed by atoms with Crippen LogP contribution in [0.2, 0.25) is 0 Å². The number of nitrogens with zero attached hydrogens (tertiary/aromatic N) is 2. The van der Waals surface area contributed by atoms with E-state index in [1.165, 1.54) is 37.8 Å². The Bertz CT molecular complexity index is 467. The van der Waals surface area contributed by atoms with Crippen molar-refractivity contribution in [1.82, 2.24) is 9.78 Å². The number of hydrogen-bond donors (Lipinski definition) is 0. The van der Waals surface area contributed by atoms with E-state index in [4.69, 9.17) is 0 Å². The van der Waals surface area contributed by atoms with Crippen molar-refractivity contribution in [3.63, 3.8) is 0 Å². The number of carbonyl (C=O) groups excluding carboxylic acids is 1. The van der Waals surface area contributed by atoms with E-state index in [9.17, 15) is 4.79 Å². The number of aromatic nitrogens is 2. The van der Waals surface area contributed by atoms with Gasteiger partial charge in [0.25, 0.3) is 0 Å². The Hall–Kier alpha value is -1.12. The fraction of sp³-hybridized carbons (Fsp3) is 0.733. The van der Waals surface area contributed by atoms with Crippen LogP contribution in [0.15, 0.2) is 6.20 Å². The van der Waals surface area contributed by atoms with Gasteiger partial charge < -0.3 is 0 Å². The maximum atomic E-state index is 12.1. The summed E-state index contributed by atoms with van der Waals surface area (Å²) in [6.07, 6.45) is 9.87. The van der Waals surface area contributed by atoms with Crippen molar-refractivity contribution in [3.8, 4) is 0 Å². The van der Waals surface area contributed by atoms with Gasteiger partial charge in [0, 0.05) is 6.42 Å². The molecule has 0 unspecified atom stereocenters. The van der Waals surface area contributed by atoms with Crippen molar-refractivity contribution in [2.45, 2.75) is 64.8 Å². The van der Waals surface area contributed by atoms with Gasteiger partial charge in [-0.25, -0.2) is 0 Å². The molecule has 0 aliphatic heterocycles. The van der Waals surface area contributed by atoms with Gasteiger partial charge in [0.15, 0.2) is 5.78 Å². The van der Waals surface area contributed by atoms with Crippen LogP contribution in [0.3, 0.4) is 0 Å². The smallest absolute Gasteiger partial charge is 0.166 e. The molecule has 1 saturated carbocycles. The molecule has 98 valence electrons. The quantitative estimate of drug-likeness (QED) is 0.759. The SMILES string of the molecule is CC1(C)CC(=O)c2cnn(C3CCCCC3)c2C1. The van der Waals surface area contributed by atoms with Crippen LogP contribution < -0.4 is 0 Å². The Kier molecular flexibility index (Phi) is 2.80. The molecule has 1 aromatic heterocycles. The molecule has 2 aliphatic rings. The minimum absolute atomic E-state index is 0.0938. The highest BCUT2D eigenvalue weighted by Crippen LogP contribution is 2.37. The standard InChI is InChI=1S/C15H22N2O/c1-15(2)8-13-12(14(18)9-15)10-16-17(13)11-6-4-3-5-7-11/h10-11H,3-9H2,1-2H3. The Balaban J connectivity index is 1.96. The summed E-state index contributed by atoms with van der Waals surface area (Å²) < 4.78 is 2.17. The van der Waals surface area contributed by atoms with Crippen molar-refractivity contribution in [2.75, 3.05) is 0 Å². The predicted octanol–water partition coefficient (Wildman–Crippen LogP) is 3.54. The first-order chi connectivity index (χ1) is 8.57. The van der Waals surface area contributed by atoms with Crippen LogP contribution in [0.5, 0.6) is 0 Å². The Morgan fingerprint density at radius 2 is 1.94 bits per heavy atom. The Morgan fingerprint density at radius 1 is 1.22 bits per heavy atom. The van der Waals surface area contributed by atoms with Crippen LogP contribution in [-0.2, 0) is 6.42 Å². The van der Waals surface area contributed by atoms with Crippen molar-refractivity contribution in [1.29, 1.82) is 0 Å². The zero-order valence-corrected chi connectivity index (χ0v) is 11.4. The van der Waals surface area contributed by atoms with Crippen LogP contribution >= 0.6 is 0 Å².